The van der Waals surface area contributed by atoms with Crippen molar-refractivity contribution in [3.8, 4) is 0 Å². The van der Waals surface area contributed by atoms with Crippen molar-refractivity contribution >= 4 is 33.4 Å². The van der Waals surface area contributed by atoms with Gasteiger partial charge >= 0.3 is 0 Å². The smallest absolute Gasteiger partial charge is 0.227 e. The fourth-order valence-electron chi connectivity index (χ4n) is 1.99. The van der Waals surface area contributed by atoms with Crippen molar-refractivity contribution in [2.75, 3.05) is 6.26 Å². The molecule has 2 heterocycles. The Balaban J connectivity index is 1.78. The molecule has 0 aliphatic rings. The summed E-state index contributed by atoms with van der Waals surface area (Å²) in [6, 6.07) is 8.23. The van der Waals surface area contributed by atoms with Crippen molar-refractivity contribution in [1.82, 2.24) is 14.5 Å². The highest BCUT2D eigenvalue weighted by atomic mass is 32.2. The van der Waals surface area contributed by atoms with E-state index in [1.165, 1.54) is 21.6 Å². The lowest BCUT2D eigenvalue weighted by molar-refractivity contribution is 0.374. The summed E-state index contributed by atoms with van der Waals surface area (Å²) in [6.07, 6.45) is 3.52. The SMILES string of the molecule is CSC(C)Cc1nc(Cc2nsc3ccccc23)no1. The van der Waals surface area contributed by atoms with Gasteiger partial charge in [-0.15, -0.1) is 0 Å². The van der Waals surface area contributed by atoms with Crippen molar-refractivity contribution in [3.63, 3.8) is 0 Å². The summed E-state index contributed by atoms with van der Waals surface area (Å²) in [4.78, 5) is 4.45. The van der Waals surface area contributed by atoms with Crippen LogP contribution in [0, 0.1) is 0 Å². The van der Waals surface area contributed by atoms with Gasteiger partial charge in [-0.25, -0.2) is 0 Å². The zero-order chi connectivity index (χ0) is 13.9. The minimum atomic E-state index is 0.489. The monoisotopic (exact) mass is 305 g/mol. The molecule has 0 saturated heterocycles. The van der Waals surface area contributed by atoms with Crippen molar-refractivity contribution in [1.29, 1.82) is 0 Å². The van der Waals surface area contributed by atoms with E-state index >= 15 is 0 Å². The molecule has 3 aromatic rings. The number of thioether (sulfide) groups is 1. The predicted molar refractivity (Wildman–Crippen MR) is 83.4 cm³/mol. The van der Waals surface area contributed by atoms with E-state index in [4.69, 9.17) is 4.52 Å². The lowest BCUT2D eigenvalue weighted by Gasteiger charge is -2.01. The molecule has 4 nitrogen and oxygen atoms in total. The van der Waals surface area contributed by atoms with Crippen LogP contribution in [0.3, 0.4) is 0 Å². The van der Waals surface area contributed by atoms with E-state index in [1.807, 2.05) is 12.1 Å². The number of fused-ring (bicyclic) bond motifs is 1. The Morgan fingerprint density at radius 3 is 3.05 bits per heavy atom. The topological polar surface area (TPSA) is 51.8 Å². The summed E-state index contributed by atoms with van der Waals surface area (Å²) in [5.41, 5.74) is 1.02. The van der Waals surface area contributed by atoms with E-state index in [0.29, 0.717) is 23.4 Å². The van der Waals surface area contributed by atoms with Gasteiger partial charge < -0.3 is 4.52 Å². The van der Waals surface area contributed by atoms with E-state index in [0.717, 1.165) is 12.1 Å². The second kappa shape index (κ2) is 5.93. The van der Waals surface area contributed by atoms with Crippen LogP contribution in [0.25, 0.3) is 10.1 Å². The van der Waals surface area contributed by atoms with Crippen molar-refractivity contribution in [3.05, 3.63) is 41.7 Å². The van der Waals surface area contributed by atoms with E-state index < -0.39 is 0 Å². The Kier molecular flexibility index (Phi) is 4.03. The van der Waals surface area contributed by atoms with Gasteiger partial charge in [0.15, 0.2) is 5.82 Å². The average molecular weight is 305 g/mol. The Morgan fingerprint density at radius 1 is 1.35 bits per heavy atom. The second-order valence-corrected chi connectivity index (χ2v) is 6.74. The molecule has 20 heavy (non-hydrogen) atoms. The lowest BCUT2D eigenvalue weighted by atomic mass is 10.2. The molecule has 0 radical (unpaired) electrons. The van der Waals surface area contributed by atoms with Crippen molar-refractivity contribution < 1.29 is 4.52 Å². The highest BCUT2D eigenvalue weighted by Gasteiger charge is 2.13. The second-order valence-electron chi connectivity index (χ2n) is 4.66. The van der Waals surface area contributed by atoms with Gasteiger partial charge in [-0.2, -0.15) is 21.1 Å². The quantitative estimate of drug-likeness (QED) is 0.721. The molecule has 3 rings (SSSR count). The first-order valence-electron chi connectivity index (χ1n) is 6.44. The number of aromatic nitrogens is 3. The Morgan fingerprint density at radius 2 is 2.20 bits per heavy atom. The van der Waals surface area contributed by atoms with Crippen LogP contribution in [0.15, 0.2) is 28.8 Å². The van der Waals surface area contributed by atoms with Gasteiger partial charge in [0, 0.05) is 17.1 Å². The average Bonchev–Trinajstić information content (AvgIpc) is 3.07. The summed E-state index contributed by atoms with van der Waals surface area (Å²) in [7, 11) is 0. The van der Waals surface area contributed by atoms with Crippen LogP contribution < -0.4 is 0 Å². The van der Waals surface area contributed by atoms with Gasteiger partial charge in [-0.05, 0) is 23.9 Å². The number of hydrogen-bond acceptors (Lipinski definition) is 6. The minimum absolute atomic E-state index is 0.489. The number of rotatable bonds is 5. The molecule has 2 aromatic heterocycles. The summed E-state index contributed by atoms with van der Waals surface area (Å²) < 4.78 is 11.0. The fraction of sp³-hybridized carbons (Fsp3) is 0.357. The van der Waals surface area contributed by atoms with Crippen LogP contribution in [0.5, 0.6) is 0 Å². The van der Waals surface area contributed by atoms with Gasteiger partial charge in [0.25, 0.3) is 0 Å². The van der Waals surface area contributed by atoms with Gasteiger partial charge in [0.05, 0.1) is 16.8 Å². The first-order chi connectivity index (χ1) is 9.76. The first-order valence-corrected chi connectivity index (χ1v) is 8.50. The highest BCUT2D eigenvalue weighted by molar-refractivity contribution is 7.99. The molecule has 1 atom stereocenters. The molecular formula is C14H15N3OS2. The zero-order valence-corrected chi connectivity index (χ0v) is 13.0. The van der Waals surface area contributed by atoms with Gasteiger partial charge in [0.2, 0.25) is 5.89 Å². The lowest BCUT2D eigenvalue weighted by Crippen LogP contribution is -2.01. The molecule has 0 amide bonds. The summed E-state index contributed by atoms with van der Waals surface area (Å²) in [5, 5.41) is 5.73. The fourth-order valence-corrected chi connectivity index (χ4v) is 3.09. The van der Waals surface area contributed by atoms with Crippen LogP contribution >= 0.6 is 23.3 Å². The molecule has 0 spiro atoms. The van der Waals surface area contributed by atoms with Crippen LogP contribution in [0.4, 0.5) is 0 Å². The molecule has 104 valence electrons. The molecule has 6 heteroatoms. The third kappa shape index (κ3) is 2.86. The molecule has 0 aliphatic heterocycles. The number of hydrogen-bond donors (Lipinski definition) is 0. The van der Waals surface area contributed by atoms with Gasteiger partial charge in [-0.1, -0.05) is 30.3 Å². The molecular weight excluding hydrogens is 290 g/mol. The summed E-state index contributed by atoms with van der Waals surface area (Å²) in [5.74, 6) is 1.42. The van der Waals surface area contributed by atoms with E-state index in [9.17, 15) is 0 Å². The molecule has 0 saturated carbocycles. The van der Waals surface area contributed by atoms with Crippen LogP contribution in [0.2, 0.25) is 0 Å². The van der Waals surface area contributed by atoms with Gasteiger partial charge in [0.1, 0.15) is 0 Å². The third-order valence-electron chi connectivity index (χ3n) is 3.15. The summed E-state index contributed by atoms with van der Waals surface area (Å²) in [6.45, 7) is 2.16. The van der Waals surface area contributed by atoms with E-state index in [1.54, 1.807) is 11.8 Å². The molecule has 1 unspecified atom stereocenters. The maximum absolute atomic E-state index is 5.30. The van der Waals surface area contributed by atoms with Crippen molar-refractivity contribution in [2.45, 2.75) is 25.0 Å². The Bertz CT molecular complexity index is 707. The minimum Gasteiger partial charge on any atom is -0.339 e. The number of benzene rings is 1. The van der Waals surface area contributed by atoms with E-state index in [-0.39, 0.29) is 0 Å². The van der Waals surface area contributed by atoms with Gasteiger partial charge in [-0.3, -0.25) is 0 Å². The molecule has 0 aliphatic carbocycles. The highest BCUT2D eigenvalue weighted by Crippen LogP contribution is 2.23. The number of nitrogens with zero attached hydrogens (tertiary/aromatic N) is 3. The predicted octanol–water partition coefficient (Wildman–Crippen LogP) is 3.56. The normalized spacial score (nSPS) is 12.9. The largest absolute Gasteiger partial charge is 0.339 e. The zero-order valence-electron chi connectivity index (χ0n) is 11.4. The van der Waals surface area contributed by atoms with Crippen LogP contribution in [0.1, 0.15) is 24.3 Å². The maximum atomic E-state index is 5.30. The molecule has 0 bridgehead atoms. The van der Waals surface area contributed by atoms with E-state index in [2.05, 4.69) is 39.8 Å². The standard InChI is InChI=1S/C14H15N3OS2/c1-9(19-2)7-14-15-13(16-18-14)8-11-10-5-3-4-6-12(10)20-17-11/h3-6,9H,7-8H2,1-2H3. The maximum Gasteiger partial charge on any atom is 0.227 e. The van der Waals surface area contributed by atoms with Crippen molar-refractivity contribution in [2.24, 2.45) is 0 Å². The Labute approximate surface area is 125 Å². The first kappa shape index (κ1) is 13.6. The molecule has 1 aromatic carbocycles. The van der Waals surface area contributed by atoms with Crippen LogP contribution in [-0.2, 0) is 12.8 Å². The van der Waals surface area contributed by atoms with Crippen LogP contribution in [-0.4, -0.2) is 26.0 Å². The molecule has 0 fully saturated rings. The molecule has 0 N–H and O–H groups in total. The summed E-state index contributed by atoms with van der Waals surface area (Å²) >= 11 is 3.31. The Hall–Kier alpha value is -1.40. The third-order valence-corrected chi connectivity index (χ3v) is 4.99.